The minimum absolute atomic E-state index is 0.606. The van der Waals surface area contributed by atoms with E-state index in [0.717, 1.165) is 22.2 Å². The molecule has 0 aliphatic heterocycles. The SMILES string of the molecule is CCCC(CBr)COc1ccc(Br)c(C)c1. The van der Waals surface area contributed by atoms with Gasteiger partial charge in [0.1, 0.15) is 5.75 Å². The first kappa shape index (κ1) is 14.0. The van der Waals surface area contributed by atoms with Crippen LogP contribution in [0.15, 0.2) is 22.7 Å². The van der Waals surface area contributed by atoms with E-state index in [1.807, 2.05) is 12.1 Å². The predicted molar refractivity (Wildman–Crippen MR) is 76.6 cm³/mol. The van der Waals surface area contributed by atoms with Crippen molar-refractivity contribution in [3.8, 4) is 5.75 Å². The average molecular weight is 350 g/mol. The zero-order valence-electron chi connectivity index (χ0n) is 9.80. The number of benzene rings is 1. The largest absolute Gasteiger partial charge is 0.493 e. The normalized spacial score (nSPS) is 12.5. The quantitative estimate of drug-likeness (QED) is 0.660. The minimum Gasteiger partial charge on any atom is -0.493 e. The lowest BCUT2D eigenvalue weighted by atomic mass is 10.1. The number of ether oxygens (including phenoxy) is 1. The first-order valence-corrected chi connectivity index (χ1v) is 7.53. The van der Waals surface area contributed by atoms with Crippen molar-refractivity contribution < 1.29 is 4.74 Å². The lowest BCUT2D eigenvalue weighted by Crippen LogP contribution is -2.13. The van der Waals surface area contributed by atoms with Crippen LogP contribution in [0.25, 0.3) is 0 Å². The molecule has 0 saturated heterocycles. The highest BCUT2D eigenvalue weighted by molar-refractivity contribution is 9.10. The Hall–Kier alpha value is -0.0200. The van der Waals surface area contributed by atoms with Crippen LogP contribution in [-0.2, 0) is 0 Å². The second-order valence-corrected chi connectivity index (χ2v) is 5.53. The Morgan fingerprint density at radius 3 is 2.69 bits per heavy atom. The van der Waals surface area contributed by atoms with E-state index in [2.05, 4.69) is 51.8 Å². The van der Waals surface area contributed by atoms with Crippen molar-refractivity contribution in [3.05, 3.63) is 28.2 Å². The van der Waals surface area contributed by atoms with E-state index < -0.39 is 0 Å². The van der Waals surface area contributed by atoms with E-state index in [1.54, 1.807) is 0 Å². The molecule has 0 radical (unpaired) electrons. The first-order chi connectivity index (χ1) is 7.67. The van der Waals surface area contributed by atoms with Gasteiger partial charge in [0.15, 0.2) is 0 Å². The van der Waals surface area contributed by atoms with E-state index in [1.165, 1.54) is 18.4 Å². The zero-order chi connectivity index (χ0) is 12.0. The Labute approximate surface area is 115 Å². The fourth-order valence-corrected chi connectivity index (χ4v) is 2.29. The van der Waals surface area contributed by atoms with Crippen molar-refractivity contribution in [2.24, 2.45) is 5.92 Å². The van der Waals surface area contributed by atoms with Gasteiger partial charge in [-0.15, -0.1) is 0 Å². The standard InChI is InChI=1S/C13H18Br2O/c1-3-4-11(8-14)9-16-12-5-6-13(15)10(2)7-12/h5-7,11H,3-4,8-9H2,1-2H3. The van der Waals surface area contributed by atoms with Gasteiger partial charge < -0.3 is 4.74 Å². The fourth-order valence-electron chi connectivity index (χ4n) is 1.53. The van der Waals surface area contributed by atoms with Crippen molar-refractivity contribution >= 4 is 31.9 Å². The van der Waals surface area contributed by atoms with Gasteiger partial charge >= 0.3 is 0 Å². The summed E-state index contributed by atoms with van der Waals surface area (Å²) in [6.07, 6.45) is 2.42. The maximum absolute atomic E-state index is 5.80. The van der Waals surface area contributed by atoms with Crippen LogP contribution in [0.3, 0.4) is 0 Å². The van der Waals surface area contributed by atoms with Crippen molar-refractivity contribution in [2.75, 3.05) is 11.9 Å². The van der Waals surface area contributed by atoms with Gasteiger partial charge in [-0.1, -0.05) is 45.2 Å². The highest BCUT2D eigenvalue weighted by atomic mass is 79.9. The molecule has 0 spiro atoms. The van der Waals surface area contributed by atoms with E-state index in [0.29, 0.717) is 5.92 Å². The molecule has 1 rings (SSSR count). The van der Waals surface area contributed by atoms with E-state index in [-0.39, 0.29) is 0 Å². The van der Waals surface area contributed by atoms with Gasteiger partial charge in [-0.05, 0) is 37.1 Å². The van der Waals surface area contributed by atoms with Crippen molar-refractivity contribution in [1.82, 2.24) is 0 Å². The zero-order valence-corrected chi connectivity index (χ0v) is 13.0. The summed E-state index contributed by atoms with van der Waals surface area (Å²) >= 11 is 7.01. The summed E-state index contributed by atoms with van der Waals surface area (Å²) in [5.41, 5.74) is 1.21. The van der Waals surface area contributed by atoms with E-state index in [9.17, 15) is 0 Å². The van der Waals surface area contributed by atoms with Crippen molar-refractivity contribution in [3.63, 3.8) is 0 Å². The average Bonchev–Trinajstić information content (AvgIpc) is 2.28. The molecule has 0 aliphatic rings. The lowest BCUT2D eigenvalue weighted by Gasteiger charge is -2.14. The summed E-state index contributed by atoms with van der Waals surface area (Å²) < 4.78 is 6.93. The van der Waals surface area contributed by atoms with Gasteiger partial charge in [0.25, 0.3) is 0 Å². The fraction of sp³-hybridized carbons (Fsp3) is 0.538. The Balaban J connectivity index is 2.50. The monoisotopic (exact) mass is 348 g/mol. The summed E-state index contributed by atoms with van der Waals surface area (Å²) in [6.45, 7) is 5.07. The van der Waals surface area contributed by atoms with Crippen LogP contribution >= 0.6 is 31.9 Å². The molecule has 1 aromatic carbocycles. The Morgan fingerprint density at radius 2 is 2.12 bits per heavy atom. The van der Waals surface area contributed by atoms with Crippen LogP contribution < -0.4 is 4.74 Å². The second kappa shape index (κ2) is 7.33. The van der Waals surface area contributed by atoms with Crippen LogP contribution in [-0.4, -0.2) is 11.9 Å². The Kier molecular flexibility index (Phi) is 6.44. The number of halogens is 2. The molecular weight excluding hydrogens is 332 g/mol. The smallest absolute Gasteiger partial charge is 0.119 e. The molecule has 0 amide bonds. The molecule has 0 saturated carbocycles. The van der Waals surface area contributed by atoms with Gasteiger partial charge in [-0.25, -0.2) is 0 Å². The number of alkyl halides is 1. The number of rotatable bonds is 6. The molecule has 0 heterocycles. The van der Waals surface area contributed by atoms with Crippen molar-refractivity contribution in [2.45, 2.75) is 26.7 Å². The summed E-state index contributed by atoms with van der Waals surface area (Å²) in [5.74, 6) is 1.57. The summed E-state index contributed by atoms with van der Waals surface area (Å²) in [4.78, 5) is 0. The highest BCUT2D eigenvalue weighted by Crippen LogP contribution is 2.22. The molecule has 90 valence electrons. The molecule has 1 aromatic rings. The number of hydrogen-bond donors (Lipinski definition) is 0. The van der Waals surface area contributed by atoms with E-state index >= 15 is 0 Å². The Morgan fingerprint density at radius 1 is 1.38 bits per heavy atom. The third-order valence-electron chi connectivity index (χ3n) is 2.53. The number of hydrogen-bond acceptors (Lipinski definition) is 1. The molecule has 3 heteroatoms. The van der Waals surface area contributed by atoms with Crippen molar-refractivity contribution in [1.29, 1.82) is 0 Å². The molecule has 0 bridgehead atoms. The second-order valence-electron chi connectivity index (χ2n) is 4.03. The Bertz CT molecular complexity index is 326. The molecule has 1 atom stereocenters. The summed E-state index contributed by atoms with van der Waals surface area (Å²) in [5, 5.41) is 1.01. The van der Waals surface area contributed by atoms with Gasteiger partial charge in [0, 0.05) is 15.7 Å². The third-order valence-corrected chi connectivity index (χ3v) is 4.34. The topological polar surface area (TPSA) is 9.23 Å². The van der Waals surface area contributed by atoms with Crippen LogP contribution in [0, 0.1) is 12.8 Å². The van der Waals surface area contributed by atoms with Gasteiger partial charge in [-0.3, -0.25) is 0 Å². The van der Waals surface area contributed by atoms with Gasteiger partial charge in [-0.2, -0.15) is 0 Å². The summed E-state index contributed by atoms with van der Waals surface area (Å²) in [6, 6.07) is 6.11. The molecule has 1 nitrogen and oxygen atoms in total. The molecule has 0 aliphatic carbocycles. The molecular formula is C13H18Br2O. The first-order valence-electron chi connectivity index (χ1n) is 5.62. The minimum atomic E-state index is 0.606. The van der Waals surface area contributed by atoms with Crippen LogP contribution in [0.2, 0.25) is 0 Å². The van der Waals surface area contributed by atoms with Gasteiger partial charge in [0.05, 0.1) is 6.61 Å². The number of aryl methyl sites for hydroxylation is 1. The molecule has 1 unspecified atom stereocenters. The highest BCUT2D eigenvalue weighted by Gasteiger charge is 2.07. The van der Waals surface area contributed by atoms with Gasteiger partial charge in [0.2, 0.25) is 0 Å². The molecule has 16 heavy (non-hydrogen) atoms. The maximum atomic E-state index is 5.80. The van der Waals surface area contributed by atoms with Crippen LogP contribution in [0.5, 0.6) is 5.75 Å². The predicted octanol–water partition coefficient (Wildman–Crippen LogP) is 4.95. The summed E-state index contributed by atoms with van der Waals surface area (Å²) in [7, 11) is 0. The molecule has 0 N–H and O–H groups in total. The van der Waals surface area contributed by atoms with Crippen LogP contribution in [0.4, 0.5) is 0 Å². The molecule has 0 aromatic heterocycles. The van der Waals surface area contributed by atoms with E-state index in [4.69, 9.17) is 4.74 Å². The lowest BCUT2D eigenvalue weighted by molar-refractivity contribution is 0.255. The molecule has 0 fully saturated rings. The third kappa shape index (κ3) is 4.46. The maximum Gasteiger partial charge on any atom is 0.119 e. The van der Waals surface area contributed by atoms with Crippen LogP contribution in [0.1, 0.15) is 25.3 Å².